The van der Waals surface area contributed by atoms with Crippen LogP contribution < -0.4 is 0 Å². The maximum atomic E-state index is 10.6. The Morgan fingerprint density at radius 2 is 2.45 bits per heavy atom. The van der Waals surface area contributed by atoms with Crippen LogP contribution in [0.3, 0.4) is 0 Å². The van der Waals surface area contributed by atoms with Crippen LogP contribution in [-0.2, 0) is 4.79 Å². The molecule has 1 aliphatic carbocycles. The van der Waals surface area contributed by atoms with E-state index >= 15 is 0 Å². The lowest BCUT2D eigenvalue weighted by atomic mass is 9.99. The molecule has 0 aromatic carbocycles. The third-order valence-corrected chi connectivity index (χ3v) is 2.23. The van der Waals surface area contributed by atoms with E-state index in [1.165, 1.54) is 0 Å². The molecule has 11 heavy (non-hydrogen) atoms. The van der Waals surface area contributed by atoms with E-state index in [0.717, 1.165) is 6.42 Å². The van der Waals surface area contributed by atoms with Crippen molar-refractivity contribution in [1.29, 1.82) is 0 Å². The summed E-state index contributed by atoms with van der Waals surface area (Å²) in [5.74, 6) is 0.952. The molecular formula is C8H8Cl2O. The topological polar surface area (TPSA) is 17.1 Å². The maximum Gasteiger partial charge on any atom is 0.252 e. The number of halogens is 2. The van der Waals surface area contributed by atoms with E-state index in [-0.39, 0.29) is 0 Å². The van der Waals surface area contributed by atoms with E-state index in [0.29, 0.717) is 17.4 Å². The van der Waals surface area contributed by atoms with Crippen LogP contribution in [0.2, 0.25) is 0 Å². The fourth-order valence-electron chi connectivity index (χ4n) is 0.925. The molecule has 0 saturated carbocycles. The molecule has 0 aromatic heterocycles. The minimum Gasteiger partial charge on any atom is -0.276 e. The van der Waals surface area contributed by atoms with Crippen LogP contribution in [0.5, 0.6) is 0 Å². The highest BCUT2D eigenvalue weighted by atomic mass is 35.5. The molecule has 0 saturated heterocycles. The van der Waals surface area contributed by atoms with Crippen LogP contribution in [-0.4, -0.2) is 11.1 Å². The molecular weight excluding hydrogens is 183 g/mol. The molecule has 0 amide bonds. The second kappa shape index (κ2) is 3.93. The summed E-state index contributed by atoms with van der Waals surface area (Å²) < 4.78 is 0. The van der Waals surface area contributed by atoms with Crippen LogP contribution >= 0.6 is 23.2 Å². The predicted octanol–water partition coefficient (Wildman–Crippen LogP) is 2.49. The van der Waals surface area contributed by atoms with Crippen molar-refractivity contribution in [3.05, 3.63) is 23.8 Å². The third kappa shape index (κ3) is 2.35. The highest BCUT2D eigenvalue weighted by Gasteiger charge is 2.10. The van der Waals surface area contributed by atoms with E-state index in [9.17, 15) is 4.79 Å². The van der Waals surface area contributed by atoms with Crippen molar-refractivity contribution >= 4 is 28.4 Å². The molecule has 1 unspecified atom stereocenters. The normalized spacial score (nSPS) is 23.1. The zero-order chi connectivity index (χ0) is 8.27. The average Bonchev–Trinajstić information content (AvgIpc) is 2.05. The average molecular weight is 191 g/mol. The smallest absolute Gasteiger partial charge is 0.252 e. The van der Waals surface area contributed by atoms with Crippen LogP contribution in [0, 0.1) is 5.92 Å². The maximum absolute atomic E-state index is 10.6. The van der Waals surface area contributed by atoms with E-state index < -0.39 is 5.24 Å². The van der Waals surface area contributed by atoms with Crippen LogP contribution in [0.1, 0.15) is 6.42 Å². The monoisotopic (exact) mass is 190 g/mol. The minimum absolute atomic E-state index is 0.358. The summed E-state index contributed by atoms with van der Waals surface area (Å²) in [6.45, 7) is 0. The first kappa shape index (κ1) is 8.82. The Morgan fingerprint density at radius 1 is 1.73 bits per heavy atom. The zero-order valence-electron chi connectivity index (χ0n) is 5.89. The molecule has 0 N–H and O–H groups in total. The Labute approximate surface area is 75.7 Å². The Bertz CT molecular complexity index is 218. The van der Waals surface area contributed by atoms with Gasteiger partial charge < -0.3 is 0 Å². The molecule has 0 heterocycles. The first-order valence-corrected chi connectivity index (χ1v) is 4.29. The van der Waals surface area contributed by atoms with E-state index in [1.54, 1.807) is 6.08 Å². The summed E-state index contributed by atoms with van der Waals surface area (Å²) in [5.41, 5.74) is 0.577. The number of alkyl halides is 1. The molecule has 0 fully saturated rings. The number of carbonyl (C=O) groups is 1. The van der Waals surface area contributed by atoms with Gasteiger partial charge in [-0.3, -0.25) is 4.79 Å². The zero-order valence-corrected chi connectivity index (χ0v) is 7.40. The van der Waals surface area contributed by atoms with Gasteiger partial charge in [0.2, 0.25) is 0 Å². The van der Waals surface area contributed by atoms with Gasteiger partial charge >= 0.3 is 0 Å². The lowest BCUT2D eigenvalue weighted by Crippen LogP contribution is -2.03. The Morgan fingerprint density at radius 3 is 2.82 bits per heavy atom. The van der Waals surface area contributed by atoms with Gasteiger partial charge in [-0.1, -0.05) is 18.2 Å². The first-order valence-electron chi connectivity index (χ1n) is 3.38. The van der Waals surface area contributed by atoms with Gasteiger partial charge in [-0.2, -0.15) is 0 Å². The molecule has 0 radical (unpaired) electrons. The molecule has 60 valence electrons. The van der Waals surface area contributed by atoms with Gasteiger partial charge in [-0.15, -0.1) is 11.6 Å². The second-order valence-corrected chi connectivity index (χ2v) is 3.09. The summed E-state index contributed by atoms with van der Waals surface area (Å²) >= 11 is 10.9. The molecule has 0 aromatic rings. The fourth-order valence-corrected chi connectivity index (χ4v) is 1.29. The molecule has 0 bridgehead atoms. The van der Waals surface area contributed by atoms with Crippen LogP contribution in [0.25, 0.3) is 0 Å². The summed E-state index contributed by atoms with van der Waals surface area (Å²) in [4.78, 5) is 10.6. The lowest BCUT2D eigenvalue weighted by molar-refractivity contribution is -0.108. The van der Waals surface area contributed by atoms with Gasteiger partial charge in [0.05, 0.1) is 0 Å². The van der Waals surface area contributed by atoms with Crippen LogP contribution in [0.4, 0.5) is 0 Å². The van der Waals surface area contributed by atoms with Gasteiger partial charge in [-0.05, 0) is 23.9 Å². The highest BCUT2D eigenvalue weighted by Crippen LogP contribution is 2.18. The van der Waals surface area contributed by atoms with E-state index in [4.69, 9.17) is 23.2 Å². The van der Waals surface area contributed by atoms with Gasteiger partial charge in [0.25, 0.3) is 5.24 Å². The van der Waals surface area contributed by atoms with Crippen molar-refractivity contribution in [2.24, 2.45) is 5.92 Å². The van der Waals surface area contributed by atoms with Crippen molar-refractivity contribution in [2.45, 2.75) is 6.42 Å². The van der Waals surface area contributed by atoms with Gasteiger partial charge in [0, 0.05) is 11.5 Å². The molecule has 1 aliphatic rings. The fraction of sp³-hybridized carbons (Fsp3) is 0.375. The molecule has 0 spiro atoms. The summed E-state index contributed by atoms with van der Waals surface area (Å²) in [7, 11) is 0. The molecule has 1 nitrogen and oxygen atoms in total. The second-order valence-electron chi connectivity index (χ2n) is 2.44. The van der Waals surface area contributed by atoms with E-state index in [1.807, 2.05) is 12.2 Å². The lowest BCUT2D eigenvalue weighted by Gasteiger charge is -2.10. The van der Waals surface area contributed by atoms with Crippen LogP contribution in [0.15, 0.2) is 23.8 Å². The predicted molar refractivity (Wildman–Crippen MR) is 46.9 cm³/mol. The summed E-state index contributed by atoms with van der Waals surface area (Å²) in [6, 6.07) is 0. The highest BCUT2D eigenvalue weighted by molar-refractivity contribution is 6.68. The molecule has 3 heteroatoms. The van der Waals surface area contributed by atoms with Crippen molar-refractivity contribution in [1.82, 2.24) is 0 Å². The Balaban J connectivity index is 2.60. The standard InChI is InChI=1S/C8H8Cl2O/c9-5-6-1-3-7(4-2-6)8(10)11/h1,3-4,6H,2,5H2. The first-order chi connectivity index (χ1) is 5.24. The number of hydrogen-bond donors (Lipinski definition) is 0. The van der Waals surface area contributed by atoms with Crippen molar-refractivity contribution < 1.29 is 4.79 Å². The Hall–Kier alpha value is -0.270. The third-order valence-electron chi connectivity index (χ3n) is 1.61. The quantitative estimate of drug-likeness (QED) is 0.484. The van der Waals surface area contributed by atoms with Gasteiger partial charge in [0.1, 0.15) is 0 Å². The number of carbonyl (C=O) groups excluding carboxylic acids is 1. The summed E-state index contributed by atoms with van der Waals surface area (Å²) in [6.07, 6.45) is 6.28. The minimum atomic E-state index is -0.394. The molecule has 0 aliphatic heterocycles. The number of hydrogen-bond acceptors (Lipinski definition) is 1. The molecule has 1 atom stereocenters. The van der Waals surface area contributed by atoms with E-state index in [2.05, 4.69) is 0 Å². The SMILES string of the molecule is O=C(Cl)C1=CCC(CCl)C=C1. The van der Waals surface area contributed by atoms with Gasteiger partial charge in [-0.25, -0.2) is 0 Å². The Kier molecular flexibility index (Phi) is 3.16. The summed E-state index contributed by atoms with van der Waals surface area (Å²) in [5, 5.41) is -0.394. The van der Waals surface area contributed by atoms with Crippen molar-refractivity contribution in [3.8, 4) is 0 Å². The number of rotatable bonds is 2. The van der Waals surface area contributed by atoms with Gasteiger partial charge in [0.15, 0.2) is 0 Å². The molecule has 1 rings (SSSR count). The number of allylic oxidation sites excluding steroid dienone is 4. The van der Waals surface area contributed by atoms with Crippen molar-refractivity contribution in [2.75, 3.05) is 5.88 Å². The largest absolute Gasteiger partial charge is 0.276 e. The van der Waals surface area contributed by atoms with Crippen molar-refractivity contribution in [3.63, 3.8) is 0 Å².